The van der Waals surface area contributed by atoms with Crippen LogP contribution in [-0.4, -0.2) is 5.11 Å². The van der Waals surface area contributed by atoms with Gasteiger partial charge in [0, 0.05) is 11.7 Å². The standard InChI is InChI=1S/C16H19NO/c1-11-6-4-5-7-15(11)13(3)17-16-9-8-14(18)10-12(16)2/h4-10,13,17-18H,1-3H3. The molecular weight excluding hydrogens is 222 g/mol. The summed E-state index contributed by atoms with van der Waals surface area (Å²) in [6, 6.07) is 14.0. The van der Waals surface area contributed by atoms with Gasteiger partial charge in [0.05, 0.1) is 0 Å². The van der Waals surface area contributed by atoms with Crippen LogP contribution in [0.1, 0.15) is 29.7 Å². The molecule has 2 aromatic carbocycles. The quantitative estimate of drug-likeness (QED) is 0.790. The lowest BCUT2D eigenvalue weighted by Crippen LogP contribution is -2.08. The monoisotopic (exact) mass is 241 g/mol. The molecule has 0 aliphatic carbocycles. The number of benzene rings is 2. The molecule has 0 saturated heterocycles. The van der Waals surface area contributed by atoms with Crippen LogP contribution in [0.3, 0.4) is 0 Å². The molecule has 0 fully saturated rings. The molecule has 2 aromatic rings. The fraction of sp³-hybridized carbons (Fsp3) is 0.250. The Bertz CT molecular complexity index is 549. The van der Waals surface area contributed by atoms with Crippen molar-refractivity contribution < 1.29 is 5.11 Å². The van der Waals surface area contributed by atoms with E-state index in [1.807, 2.05) is 13.0 Å². The molecule has 0 aromatic heterocycles. The Morgan fingerprint density at radius 2 is 1.72 bits per heavy atom. The Morgan fingerprint density at radius 1 is 1.00 bits per heavy atom. The summed E-state index contributed by atoms with van der Waals surface area (Å²) in [4.78, 5) is 0. The lowest BCUT2D eigenvalue weighted by atomic mass is 10.0. The molecule has 0 saturated carbocycles. The molecule has 2 nitrogen and oxygen atoms in total. The summed E-state index contributed by atoms with van der Waals surface area (Å²) in [5.74, 6) is 0.307. The van der Waals surface area contributed by atoms with Gasteiger partial charge < -0.3 is 10.4 Å². The molecule has 2 heteroatoms. The zero-order valence-corrected chi connectivity index (χ0v) is 11.1. The minimum Gasteiger partial charge on any atom is -0.508 e. The summed E-state index contributed by atoms with van der Waals surface area (Å²) in [5.41, 5.74) is 4.69. The summed E-state index contributed by atoms with van der Waals surface area (Å²) < 4.78 is 0. The molecule has 94 valence electrons. The molecule has 0 spiro atoms. The molecule has 0 aliphatic heterocycles. The molecule has 1 atom stereocenters. The van der Waals surface area contributed by atoms with E-state index in [9.17, 15) is 5.11 Å². The van der Waals surface area contributed by atoms with Crippen LogP contribution in [0, 0.1) is 13.8 Å². The van der Waals surface area contributed by atoms with Gasteiger partial charge in [-0.2, -0.15) is 0 Å². The third-order valence-corrected chi connectivity index (χ3v) is 3.24. The minimum atomic E-state index is 0.245. The number of nitrogens with one attached hydrogen (secondary N) is 1. The summed E-state index contributed by atoms with van der Waals surface area (Å²) in [6.45, 7) is 6.26. The van der Waals surface area contributed by atoms with Crippen LogP contribution in [0.15, 0.2) is 42.5 Å². The van der Waals surface area contributed by atoms with E-state index < -0.39 is 0 Å². The first-order valence-corrected chi connectivity index (χ1v) is 6.19. The maximum Gasteiger partial charge on any atom is 0.115 e. The van der Waals surface area contributed by atoms with Gasteiger partial charge in [-0.25, -0.2) is 0 Å². The second-order valence-corrected chi connectivity index (χ2v) is 4.72. The summed E-state index contributed by atoms with van der Waals surface area (Å²) in [6.07, 6.45) is 0. The Kier molecular flexibility index (Phi) is 3.56. The highest BCUT2D eigenvalue weighted by molar-refractivity contribution is 5.54. The number of aromatic hydroxyl groups is 1. The molecular formula is C16H19NO. The highest BCUT2D eigenvalue weighted by atomic mass is 16.3. The van der Waals surface area contributed by atoms with Gasteiger partial charge >= 0.3 is 0 Å². The maximum absolute atomic E-state index is 9.40. The van der Waals surface area contributed by atoms with Gasteiger partial charge in [-0.05, 0) is 55.7 Å². The van der Waals surface area contributed by atoms with Crippen molar-refractivity contribution in [2.45, 2.75) is 26.8 Å². The zero-order valence-electron chi connectivity index (χ0n) is 11.1. The highest BCUT2D eigenvalue weighted by Gasteiger charge is 2.09. The lowest BCUT2D eigenvalue weighted by Gasteiger charge is -2.19. The molecule has 1 unspecified atom stereocenters. The van der Waals surface area contributed by atoms with E-state index in [0.717, 1.165) is 11.3 Å². The Labute approximate surface area is 108 Å². The second kappa shape index (κ2) is 5.13. The second-order valence-electron chi connectivity index (χ2n) is 4.72. The lowest BCUT2D eigenvalue weighted by molar-refractivity contribution is 0.475. The van der Waals surface area contributed by atoms with Crippen molar-refractivity contribution in [3.05, 3.63) is 59.2 Å². The van der Waals surface area contributed by atoms with E-state index in [2.05, 4.69) is 43.4 Å². The molecule has 2 rings (SSSR count). The van der Waals surface area contributed by atoms with Gasteiger partial charge in [0.25, 0.3) is 0 Å². The van der Waals surface area contributed by atoms with Crippen molar-refractivity contribution in [2.24, 2.45) is 0 Å². The topological polar surface area (TPSA) is 32.3 Å². The maximum atomic E-state index is 9.40. The predicted octanol–water partition coefficient (Wildman–Crippen LogP) is 4.18. The summed E-state index contributed by atoms with van der Waals surface area (Å²) in [7, 11) is 0. The van der Waals surface area contributed by atoms with E-state index in [-0.39, 0.29) is 6.04 Å². The van der Waals surface area contributed by atoms with Crippen LogP contribution < -0.4 is 5.32 Å². The fourth-order valence-electron chi connectivity index (χ4n) is 2.19. The number of aryl methyl sites for hydroxylation is 2. The van der Waals surface area contributed by atoms with E-state index in [1.54, 1.807) is 12.1 Å². The van der Waals surface area contributed by atoms with Gasteiger partial charge in [0.2, 0.25) is 0 Å². The molecule has 0 aliphatic rings. The van der Waals surface area contributed by atoms with Crippen LogP contribution in [-0.2, 0) is 0 Å². The molecule has 0 heterocycles. The average molecular weight is 241 g/mol. The summed E-state index contributed by atoms with van der Waals surface area (Å²) in [5, 5.41) is 12.9. The third kappa shape index (κ3) is 2.65. The smallest absolute Gasteiger partial charge is 0.115 e. The SMILES string of the molecule is Cc1cc(O)ccc1NC(C)c1ccccc1C. The number of hydrogen-bond donors (Lipinski definition) is 2. The predicted molar refractivity (Wildman–Crippen MR) is 76.1 cm³/mol. The van der Waals surface area contributed by atoms with Crippen molar-refractivity contribution in [3.8, 4) is 5.75 Å². The van der Waals surface area contributed by atoms with E-state index in [0.29, 0.717) is 5.75 Å². The van der Waals surface area contributed by atoms with Crippen molar-refractivity contribution >= 4 is 5.69 Å². The first-order chi connectivity index (χ1) is 8.58. The number of rotatable bonds is 3. The molecule has 0 bridgehead atoms. The van der Waals surface area contributed by atoms with E-state index in [1.165, 1.54) is 11.1 Å². The number of anilines is 1. The van der Waals surface area contributed by atoms with Gasteiger partial charge in [-0.15, -0.1) is 0 Å². The van der Waals surface area contributed by atoms with Crippen molar-refractivity contribution in [1.29, 1.82) is 0 Å². The minimum absolute atomic E-state index is 0.245. The fourth-order valence-corrected chi connectivity index (χ4v) is 2.19. The first kappa shape index (κ1) is 12.5. The Hall–Kier alpha value is -1.96. The van der Waals surface area contributed by atoms with E-state index in [4.69, 9.17) is 0 Å². The van der Waals surface area contributed by atoms with Crippen LogP contribution >= 0.6 is 0 Å². The third-order valence-electron chi connectivity index (χ3n) is 3.24. The van der Waals surface area contributed by atoms with Crippen LogP contribution in [0.25, 0.3) is 0 Å². The Morgan fingerprint density at radius 3 is 2.39 bits per heavy atom. The van der Waals surface area contributed by atoms with Crippen molar-refractivity contribution in [3.63, 3.8) is 0 Å². The first-order valence-electron chi connectivity index (χ1n) is 6.19. The number of phenolic OH excluding ortho intramolecular Hbond substituents is 1. The molecule has 0 radical (unpaired) electrons. The van der Waals surface area contributed by atoms with Gasteiger partial charge in [0.15, 0.2) is 0 Å². The van der Waals surface area contributed by atoms with E-state index >= 15 is 0 Å². The van der Waals surface area contributed by atoms with Gasteiger partial charge in [-0.1, -0.05) is 24.3 Å². The Balaban J connectivity index is 2.21. The van der Waals surface area contributed by atoms with Gasteiger partial charge in [0.1, 0.15) is 5.75 Å². The molecule has 18 heavy (non-hydrogen) atoms. The average Bonchev–Trinajstić information content (AvgIpc) is 2.33. The van der Waals surface area contributed by atoms with Crippen molar-refractivity contribution in [1.82, 2.24) is 0 Å². The van der Waals surface area contributed by atoms with Crippen LogP contribution in [0.2, 0.25) is 0 Å². The van der Waals surface area contributed by atoms with Crippen LogP contribution in [0.5, 0.6) is 5.75 Å². The number of hydrogen-bond acceptors (Lipinski definition) is 2. The highest BCUT2D eigenvalue weighted by Crippen LogP contribution is 2.26. The largest absolute Gasteiger partial charge is 0.508 e. The molecule has 2 N–H and O–H groups in total. The number of phenols is 1. The van der Waals surface area contributed by atoms with Crippen LogP contribution in [0.4, 0.5) is 5.69 Å². The summed E-state index contributed by atoms with van der Waals surface area (Å²) >= 11 is 0. The zero-order chi connectivity index (χ0) is 13.1. The van der Waals surface area contributed by atoms with Crippen molar-refractivity contribution in [2.75, 3.05) is 5.32 Å². The van der Waals surface area contributed by atoms with Gasteiger partial charge in [-0.3, -0.25) is 0 Å². The normalized spacial score (nSPS) is 12.2. The molecule has 0 amide bonds.